The zero-order valence-electron chi connectivity index (χ0n) is 24.5. The highest BCUT2D eigenvalue weighted by Gasteiger charge is 2.40. The van der Waals surface area contributed by atoms with Gasteiger partial charge in [0.2, 0.25) is 0 Å². The summed E-state index contributed by atoms with van der Waals surface area (Å²) in [5, 5.41) is 0. The minimum absolute atomic E-state index is 0.279. The Balaban J connectivity index is 1.44. The second kappa shape index (κ2) is 10.9. The smallest absolute Gasteiger partial charge is 0.0201 e. The predicted octanol–water partition coefficient (Wildman–Crippen LogP) is 10.9. The van der Waals surface area contributed by atoms with Crippen LogP contribution in [-0.4, -0.2) is 0 Å². The second-order valence-electron chi connectivity index (χ2n) is 11.8. The number of aryl methyl sites for hydroxylation is 2. The first-order valence-electron chi connectivity index (χ1n) is 14.4. The Morgan fingerprint density at radius 2 is 1.69 bits per heavy atom. The Hall–Kier alpha value is -3.64. The summed E-state index contributed by atoms with van der Waals surface area (Å²) in [4.78, 5) is 0. The predicted molar refractivity (Wildman–Crippen MR) is 171 cm³/mol. The zero-order chi connectivity index (χ0) is 27.8. The highest BCUT2D eigenvalue weighted by molar-refractivity contribution is 5.78. The molecule has 1 fully saturated rings. The maximum atomic E-state index is 4.73. The van der Waals surface area contributed by atoms with Crippen LogP contribution in [0.3, 0.4) is 0 Å². The molecule has 2 aromatic rings. The van der Waals surface area contributed by atoms with E-state index < -0.39 is 0 Å². The average molecular weight is 511 g/mol. The fourth-order valence-electron chi connectivity index (χ4n) is 6.69. The number of benzene rings is 2. The Morgan fingerprint density at radius 3 is 2.38 bits per heavy atom. The molecule has 198 valence electrons. The number of hydrogen-bond acceptors (Lipinski definition) is 0. The van der Waals surface area contributed by atoms with E-state index in [4.69, 9.17) is 6.58 Å². The minimum Gasteiger partial charge on any atom is -0.0955 e. The molecule has 0 saturated heterocycles. The highest BCUT2D eigenvalue weighted by atomic mass is 14.4. The lowest BCUT2D eigenvalue weighted by Crippen LogP contribution is -2.21. The van der Waals surface area contributed by atoms with Gasteiger partial charge in [0.25, 0.3) is 0 Å². The molecule has 0 bridgehead atoms. The van der Waals surface area contributed by atoms with Crippen LogP contribution in [0.1, 0.15) is 80.2 Å². The van der Waals surface area contributed by atoms with Crippen LogP contribution in [0.5, 0.6) is 0 Å². The molecule has 2 aromatic carbocycles. The molecule has 0 heteroatoms. The first-order valence-corrected chi connectivity index (χ1v) is 14.4. The molecule has 5 rings (SSSR count). The monoisotopic (exact) mass is 510 g/mol. The summed E-state index contributed by atoms with van der Waals surface area (Å²) in [7, 11) is 0. The highest BCUT2D eigenvalue weighted by Crippen LogP contribution is 2.55. The fraction of sp³-hybridized carbons (Fsp3) is 0.282. The summed E-state index contributed by atoms with van der Waals surface area (Å²) >= 11 is 0. The summed E-state index contributed by atoms with van der Waals surface area (Å²) in [5.74, 6) is 0.581. The third-order valence-corrected chi connectivity index (χ3v) is 8.75. The first kappa shape index (κ1) is 26.9. The van der Waals surface area contributed by atoms with Crippen molar-refractivity contribution in [2.45, 2.75) is 66.2 Å². The molecule has 0 aliphatic heterocycles. The molecule has 39 heavy (non-hydrogen) atoms. The summed E-state index contributed by atoms with van der Waals surface area (Å²) in [6, 6.07) is 15.8. The normalized spacial score (nSPS) is 21.6. The summed E-state index contributed by atoms with van der Waals surface area (Å²) in [6.45, 7) is 24.4. The molecule has 1 saturated carbocycles. The summed E-state index contributed by atoms with van der Waals surface area (Å²) in [6.07, 6.45) is 13.5. The first-order chi connectivity index (χ1) is 18.7. The van der Waals surface area contributed by atoms with Gasteiger partial charge in [-0.3, -0.25) is 0 Å². The molecule has 2 unspecified atom stereocenters. The molecule has 0 N–H and O–H groups in total. The van der Waals surface area contributed by atoms with Gasteiger partial charge in [0.1, 0.15) is 0 Å². The van der Waals surface area contributed by atoms with E-state index in [1.807, 2.05) is 0 Å². The van der Waals surface area contributed by atoms with Gasteiger partial charge in [-0.15, -0.1) is 0 Å². The van der Waals surface area contributed by atoms with Gasteiger partial charge in [0.15, 0.2) is 0 Å². The topological polar surface area (TPSA) is 0 Å². The van der Waals surface area contributed by atoms with Crippen molar-refractivity contribution in [3.8, 4) is 0 Å². The van der Waals surface area contributed by atoms with Gasteiger partial charge in [0.05, 0.1) is 0 Å². The van der Waals surface area contributed by atoms with Gasteiger partial charge in [0, 0.05) is 11.8 Å². The van der Waals surface area contributed by atoms with Crippen molar-refractivity contribution in [1.82, 2.24) is 0 Å². The lowest BCUT2D eigenvalue weighted by Gasteiger charge is -2.34. The zero-order valence-corrected chi connectivity index (χ0v) is 24.5. The molecule has 3 aliphatic carbocycles. The average Bonchev–Trinajstić information content (AvgIpc) is 3.48. The molecule has 0 aromatic heterocycles. The van der Waals surface area contributed by atoms with Crippen molar-refractivity contribution in [2.24, 2.45) is 5.92 Å². The molecule has 0 amide bonds. The van der Waals surface area contributed by atoms with Crippen LogP contribution in [0, 0.1) is 19.8 Å². The third kappa shape index (κ3) is 5.18. The quantitative estimate of drug-likeness (QED) is 0.347. The van der Waals surface area contributed by atoms with Gasteiger partial charge < -0.3 is 0 Å². The van der Waals surface area contributed by atoms with E-state index in [1.54, 1.807) is 0 Å². The van der Waals surface area contributed by atoms with Crippen LogP contribution in [0.2, 0.25) is 0 Å². The third-order valence-electron chi connectivity index (χ3n) is 8.75. The van der Waals surface area contributed by atoms with E-state index in [-0.39, 0.29) is 5.92 Å². The Morgan fingerprint density at radius 1 is 0.949 bits per heavy atom. The van der Waals surface area contributed by atoms with E-state index in [9.17, 15) is 0 Å². The molecule has 0 nitrogen and oxygen atoms in total. The van der Waals surface area contributed by atoms with Gasteiger partial charge >= 0.3 is 0 Å². The van der Waals surface area contributed by atoms with E-state index in [1.165, 1.54) is 72.4 Å². The molecule has 0 radical (unpaired) electrons. The Bertz CT molecular complexity index is 1520. The maximum absolute atomic E-state index is 4.73. The van der Waals surface area contributed by atoms with Crippen molar-refractivity contribution >= 4 is 11.1 Å². The van der Waals surface area contributed by atoms with Crippen molar-refractivity contribution in [3.05, 3.63) is 153 Å². The number of hydrogen-bond donors (Lipinski definition) is 0. The van der Waals surface area contributed by atoms with Gasteiger partial charge in [-0.05, 0) is 109 Å². The van der Waals surface area contributed by atoms with Crippen LogP contribution < -0.4 is 0 Å². The molecular formula is C39H42. The molecule has 0 heterocycles. The Kier molecular flexibility index (Phi) is 7.50. The number of fused-ring (bicyclic) bond motifs is 1. The summed E-state index contributed by atoms with van der Waals surface area (Å²) in [5.41, 5.74) is 18.6. The lowest BCUT2D eigenvalue weighted by molar-refractivity contribution is 0.619. The van der Waals surface area contributed by atoms with Crippen molar-refractivity contribution in [3.63, 3.8) is 0 Å². The SMILES string of the molecule is C=C(CCC)C1=C(C)C=C2C/C(=C\C3=CC=C(c4cc(C(=C)C)ccc4C)C3)C(=C)C2C1c1ccc(C)cc1. The molecule has 0 spiro atoms. The van der Waals surface area contributed by atoms with Crippen LogP contribution in [0.25, 0.3) is 11.1 Å². The number of allylic oxidation sites excluding steroid dienone is 13. The van der Waals surface area contributed by atoms with Gasteiger partial charge in [-0.1, -0.05) is 116 Å². The van der Waals surface area contributed by atoms with Crippen LogP contribution in [0.4, 0.5) is 0 Å². The van der Waals surface area contributed by atoms with E-state index in [0.717, 1.165) is 31.3 Å². The van der Waals surface area contributed by atoms with Gasteiger partial charge in [-0.25, -0.2) is 0 Å². The second-order valence-corrected chi connectivity index (χ2v) is 11.8. The van der Waals surface area contributed by atoms with E-state index >= 15 is 0 Å². The standard InChI is InChI=1S/C39H42/c1-9-10-27(6)37-28(7)19-35-22-34(29(8)38(35)39(37)31-15-11-25(4)12-16-31)21-30-14-18-33(20-30)36-23-32(24(2)3)17-13-26(36)5/h11-19,21,23,38-39H,2,6,8-10,20,22H2,1,3-5,7H3/b34-21+. The van der Waals surface area contributed by atoms with Crippen LogP contribution >= 0.6 is 0 Å². The van der Waals surface area contributed by atoms with Gasteiger partial charge in [-0.2, -0.15) is 0 Å². The molecule has 3 aliphatic rings. The Labute approximate surface area is 236 Å². The van der Waals surface area contributed by atoms with Crippen molar-refractivity contribution in [1.29, 1.82) is 0 Å². The molecule has 2 atom stereocenters. The van der Waals surface area contributed by atoms with E-state index in [2.05, 4.69) is 115 Å². The summed E-state index contributed by atoms with van der Waals surface area (Å²) < 4.78 is 0. The number of rotatable bonds is 7. The van der Waals surface area contributed by atoms with Crippen LogP contribution in [0.15, 0.2) is 126 Å². The largest absolute Gasteiger partial charge is 0.0955 e. The van der Waals surface area contributed by atoms with Crippen molar-refractivity contribution in [2.75, 3.05) is 0 Å². The maximum Gasteiger partial charge on any atom is 0.0201 e. The molecular weight excluding hydrogens is 468 g/mol. The minimum atomic E-state index is 0.279. The van der Waals surface area contributed by atoms with Crippen LogP contribution in [-0.2, 0) is 0 Å². The van der Waals surface area contributed by atoms with Crippen molar-refractivity contribution < 1.29 is 0 Å². The van der Waals surface area contributed by atoms with E-state index in [0.29, 0.717) is 5.92 Å². The fourth-order valence-corrected chi connectivity index (χ4v) is 6.69. The lowest BCUT2D eigenvalue weighted by atomic mass is 9.69.